The second-order valence-corrected chi connectivity index (χ2v) is 4.71. The molecular formula is C16H16FNO3. The van der Waals surface area contributed by atoms with Crippen LogP contribution in [0.3, 0.4) is 0 Å². The van der Waals surface area contributed by atoms with Crippen LogP contribution in [0, 0.1) is 12.7 Å². The molecule has 0 aliphatic carbocycles. The van der Waals surface area contributed by atoms with Gasteiger partial charge in [-0.1, -0.05) is 17.7 Å². The number of carbonyl (C=O) groups excluding carboxylic acids is 1. The van der Waals surface area contributed by atoms with Gasteiger partial charge in [0, 0.05) is 11.8 Å². The number of anilines is 1. The number of ether oxygens (including phenoxy) is 1. The number of esters is 1. The summed E-state index contributed by atoms with van der Waals surface area (Å²) in [4.78, 5) is 11.9. The van der Waals surface area contributed by atoms with E-state index in [4.69, 9.17) is 4.74 Å². The van der Waals surface area contributed by atoms with Crippen LogP contribution in [0.25, 0.3) is 0 Å². The minimum absolute atomic E-state index is 0.246. The van der Waals surface area contributed by atoms with Gasteiger partial charge in [-0.15, -0.1) is 0 Å². The average Bonchev–Trinajstić information content (AvgIpc) is 2.44. The maximum absolute atomic E-state index is 13.4. The molecule has 1 atom stereocenters. The number of nitrogens with one attached hydrogen (secondary N) is 1. The highest BCUT2D eigenvalue weighted by molar-refractivity contribution is 5.81. The summed E-state index contributed by atoms with van der Waals surface area (Å²) in [5.41, 5.74) is 2.07. The molecule has 0 radical (unpaired) electrons. The molecule has 1 unspecified atom stereocenters. The predicted molar refractivity (Wildman–Crippen MR) is 77.6 cm³/mol. The van der Waals surface area contributed by atoms with E-state index in [0.717, 1.165) is 11.6 Å². The Bertz CT molecular complexity index is 620. The Morgan fingerprint density at radius 2 is 1.90 bits per heavy atom. The van der Waals surface area contributed by atoms with Gasteiger partial charge in [-0.3, -0.25) is 0 Å². The number of carbonyl (C=O) groups is 1. The molecule has 0 aliphatic heterocycles. The molecule has 0 bridgehead atoms. The number of benzene rings is 2. The minimum atomic E-state index is -0.903. The van der Waals surface area contributed by atoms with Gasteiger partial charge in [-0.25, -0.2) is 9.18 Å². The molecule has 2 N–H and O–H groups in total. The first-order chi connectivity index (χ1) is 9.99. The summed E-state index contributed by atoms with van der Waals surface area (Å²) in [6.07, 6.45) is 0. The Labute approximate surface area is 122 Å². The summed E-state index contributed by atoms with van der Waals surface area (Å²) < 4.78 is 18.1. The maximum Gasteiger partial charge on any atom is 0.332 e. The van der Waals surface area contributed by atoms with E-state index in [1.807, 2.05) is 31.2 Å². The van der Waals surface area contributed by atoms with Gasteiger partial charge < -0.3 is 15.2 Å². The van der Waals surface area contributed by atoms with Crippen LogP contribution in [-0.2, 0) is 9.53 Å². The molecule has 2 aromatic carbocycles. The lowest BCUT2D eigenvalue weighted by Crippen LogP contribution is -2.22. The Morgan fingerprint density at radius 1 is 1.24 bits per heavy atom. The zero-order valence-electron chi connectivity index (χ0n) is 11.8. The van der Waals surface area contributed by atoms with Crippen molar-refractivity contribution >= 4 is 11.7 Å². The molecule has 0 amide bonds. The van der Waals surface area contributed by atoms with E-state index >= 15 is 0 Å². The number of halogens is 1. The van der Waals surface area contributed by atoms with Gasteiger partial charge in [0.25, 0.3) is 0 Å². The first-order valence-electron chi connectivity index (χ1n) is 6.40. The van der Waals surface area contributed by atoms with Gasteiger partial charge in [-0.05, 0) is 36.8 Å². The van der Waals surface area contributed by atoms with Crippen molar-refractivity contribution in [1.29, 1.82) is 0 Å². The van der Waals surface area contributed by atoms with Crippen LogP contribution in [0.15, 0.2) is 42.5 Å². The van der Waals surface area contributed by atoms with Crippen LogP contribution < -0.4 is 5.32 Å². The zero-order chi connectivity index (χ0) is 15.4. The van der Waals surface area contributed by atoms with E-state index in [-0.39, 0.29) is 5.75 Å². The van der Waals surface area contributed by atoms with E-state index < -0.39 is 17.8 Å². The highest BCUT2D eigenvalue weighted by Crippen LogP contribution is 2.25. The molecule has 4 nitrogen and oxygen atoms in total. The van der Waals surface area contributed by atoms with Gasteiger partial charge >= 0.3 is 5.97 Å². The van der Waals surface area contributed by atoms with E-state index in [1.54, 1.807) is 0 Å². The molecular weight excluding hydrogens is 273 g/mol. The van der Waals surface area contributed by atoms with Crippen LogP contribution in [0.5, 0.6) is 5.75 Å². The fourth-order valence-electron chi connectivity index (χ4n) is 1.98. The Balaban J connectivity index is 2.34. The van der Waals surface area contributed by atoms with Crippen molar-refractivity contribution < 1.29 is 19.0 Å². The second-order valence-electron chi connectivity index (χ2n) is 4.71. The number of hydrogen-bond acceptors (Lipinski definition) is 4. The average molecular weight is 289 g/mol. The zero-order valence-corrected chi connectivity index (χ0v) is 11.8. The van der Waals surface area contributed by atoms with Crippen molar-refractivity contribution in [2.75, 3.05) is 12.4 Å². The number of hydrogen-bond donors (Lipinski definition) is 2. The third kappa shape index (κ3) is 3.72. The lowest BCUT2D eigenvalue weighted by Gasteiger charge is -2.18. The first kappa shape index (κ1) is 14.8. The standard InChI is InChI=1S/C16H16FNO3/c1-10-3-5-13(6-4-10)18-15(16(20)21-2)11-7-12(17)9-14(19)8-11/h3-9,15,18-19H,1-2H3. The monoisotopic (exact) mass is 289 g/mol. The molecule has 2 rings (SSSR count). The van der Waals surface area contributed by atoms with Crippen LogP contribution >= 0.6 is 0 Å². The molecule has 0 saturated carbocycles. The Kier molecular flexibility index (Phi) is 4.42. The first-order valence-corrected chi connectivity index (χ1v) is 6.40. The van der Waals surface area contributed by atoms with Crippen molar-refractivity contribution in [3.8, 4) is 5.75 Å². The molecule has 2 aromatic rings. The van der Waals surface area contributed by atoms with Crippen LogP contribution in [-0.4, -0.2) is 18.2 Å². The van der Waals surface area contributed by atoms with Crippen molar-refractivity contribution in [2.45, 2.75) is 13.0 Å². The van der Waals surface area contributed by atoms with Gasteiger partial charge in [0.15, 0.2) is 6.04 Å². The SMILES string of the molecule is COC(=O)C(Nc1ccc(C)cc1)c1cc(O)cc(F)c1. The number of aryl methyl sites for hydroxylation is 1. The van der Waals surface area contributed by atoms with Crippen molar-refractivity contribution in [3.05, 3.63) is 59.4 Å². The highest BCUT2D eigenvalue weighted by atomic mass is 19.1. The van der Waals surface area contributed by atoms with Crippen LogP contribution in [0.4, 0.5) is 10.1 Å². The Morgan fingerprint density at radius 3 is 2.48 bits per heavy atom. The molecule has 0 spiro atoms. The molecule has 0 heterocycles. The van der Waals surface area contributed by atoms with Gasteiger partial charge in [0.05, 0.1) is 7.11 Å². The van der Waals surface area contributed by atoms with E-state index in [2.05, 4.69) is 5.32 Å². The highest BCUT2D eigenvalue weighted by Gasteiger charge is 2.22. The lowest BCUT2D eigenvalue weighted by atomic mass is 10.1. The van der Waals surface area contributed by atoms with Crippen LogP contribution in [0.1, 0.15) is 17.2 Å². The summed E-state index contributed by atoms with van der Waals surface area (Å²) in [6, 6.07) is 9.98. The third-order valence-corrected chi connectivity index (χ3v) is 3.04. The summed E-state index contributed by atoms with van der Waals surface area (Å²) in [5.74, 6) is -1.44. The summed E-state index contributed by atoms with van der Waals surface area (Å²) in [7, 11) is 1.26. The Hall–Kier alpha value is -2.56. The molecule has 0 aliphatic rings. The van der Waals surface area contributed by atoms with Gasteiger partial charge in [0.1, 0.15) is 11.6 Å². The topological polar surface area (TPSA) is 58.6 Å². The number of methoxy groups -OCH3 is 1. The smallest absolute Gasteiger partial charge is 0.332 e. The molecule has 110 valence electrons. The maximum atomic E-state index is 13.4. The molecule has 5 heteroatoms. The van der Waals surface area contributed by atoms with Gasteiger partial charge in [-0.2, -0.15) is 0 Å². The number of phenols is 1. The predicted octanol–water partition coefficient (Wildman–Crippen LogP) is 3.17. The van der Waals surface area contributed by atoms with Crippen LogP contribution in [0.2, 0.25) is 0 Å². The largest absolute Gasteiger partial charge is 0.508 e. The molecule has 0 aromatic heterocycles. The number of phenolic OH excluding ortho intramolecular Hbond substituents is 1. The lowest BCUT2D eigenvalue weighted by molar-refractivity contribution is -0.141. The van der Waals surface area contributed by atoms with Crippen molar-refractivity contribution in [3.63, 3.8) is 0 Å². The fourth-order valence-corrected chi connectivity index (χ4v) is 1.98. The fraction of sp³-hybridized carbons (Fsp3) is 0.188. The quantitative estimate of drug-likeness (QED) is 0.849. The van der Waals surface area contributed by atoms with E-state index in [0.29, 0.717) is 11.3 Å². The molecule has 0 fully saturated rings. The molecule has 21 heavy (non-hydrogen) atoms. The van der Waals surface area contributed by atoms with E-state index in [9.17, 15) is 14.3 Å². The summed E-state index contributed by atoms with van der Waals surface area (Å²) >= 11 is 0. The summed E-state index contributed by atoms with van der Waals surface area (Å²) in [6.45, 7) is 1.95. The third-order valence-electron chi connectivity index (χ3n) is 3.04. The van der Waals surface area contributed by atoms with Crippen molar-refractivity contribution in [1.82, 2.24) is 0 Å². The molecule has 0 saturated heterocycles. The number of aromatic hydroxyl groups is 1. The number of rotatable bonds is 4. The second kappa shape index (κ2) is 6.26. The summed E-state index contributed by atoms with van der Waals surface area (Å²) in [5, 5.41) is 12.5. The van der Waals surface area contributed by atoms with Gasteiger partial charge in [0.2, 0.25) is 0 Å². The van der Waals surface area contributed by atoms with Crippen molar-refractivity contribution in [2.24, 2.45) is 0 Å². The normalized spacial score (nSPS) is 11.8. The van der Waals surface area contributed by atoms with E-state index in [1.165, 1.54) is 19.2 Å². The minimum Gasteiger partial charge on any atom is -0.508 e.